The molecule has 1 aliphatic heterocycles. The van der Waals surface area contributed by atoms with Gasteiger partial charge < -0.3 is 9.84 Å². The summed E-state index contributed by atoms with van der Waals surface area (Å²) in [6.45, 7) is 6.26. The van der Waals surface area contributed by atoms with Crippen LogP contribution in [0.2, 0.25) is 0 Å². The van der Waals surface area contributed by atoms with Crippen molar-refractivity contribution in [2.75, 3.05) is 26.2 Å². The summed E-state index contributed by atoms with van der Waals surface area (Å²) < 4.78 is 7.01. The zero-order chi connectivity index (χ0) is 24.2. The van der Waals surface area contributed by atoms with Crippen molar-refractivity contribution in [2.24, 2.45) is 5.92 Å². The molecule has 4 nitrogen and oxygen atoms in total. The Balaban J connectivity index is 1.33. The summed E-state index contributed by atoms with van der Waals surface area (Å²) in [5.74, 6) is 2.35. The van der Waals surface area contributed by atoms with Gasteiger partial charge in [0.15, 0.2) is 5.78 Å². The third-order valence-electron chi connectivity index (χ3n) is 7.69. The Labute approximate surface area is 212 Å². The van der Waals surface area contributed by atoms with Crippen molar-refractivity contribution in [1.82, 2.24) is 4.90 Å². The maximum atomic E-state index is 13.8. The molecule has 0 amide bonds. The van der Waals surface area contributed by atoms with Crippen molar-refractivity contribution in [1.29, 1.82) is 0 Å². The number of aromatic hydroxyl groups is 1. The first-order valence-corrected chi connectivity index (χ1v) is 14.2. The van der Waals surface area contributed by atoms with E-state index in [1.54, 1.807) is 23.5 Å². The van der Waals surface area contributed by atoms with E-state index in [-0.39, 0.29) is 11.5 Å². The fourth-order valence-corrected chi connectivity index (χ4v) is 7.20. The number of phenolic OH excluding ortho intramolecular Hbond substituents is 1. The Morgan fingerprint density at radius 2 is 1.80 bits per heavy atom. The first kappa shape index (κ1) is 24.3. The van der Waals surface area contributed by atoms with Crippen LogP contribution in [0.3, 0.4) is 0 Å². The van der Waals surface area contributed by atoms with Crippen LogP contribution in [0, 0.1) is 5.92 Å². The standard InChI is InChI=1S/C30H37NO3S/c1-21-7-6-16-31(20-21)17-18-34-25-13-10-22(11-14-25)29(33)28-26-15-12-24(32)19-27(26)35-30(28)23-8-4-2-3-5-9-23/h10-15,19,21,23,32H,2-9,16-18,20H2,1H3. The number of piperidine rings is 1. The number of ketones is 1. The van der Waals surface area contributed by atoms with E-state index in [9.17, 15) is 9.90 Å². The van der Waals surface area contributed by atoms with Crippen LogP contribution in [-0.2, 0) is 0 Å². The largest absolute Gasteiger partial charge is 0.508 e. The van der Waals surface area contributed by atoms with Crippen LogP contribution in [-0.4, -0.2) is 42.0 Å². The highest BCUT2D eigenvalue weighted by Gasteiger charge is 2.26. The molecule has 1 aliphatic carbocycles. The van der Waals surface area contributed by atoms with E-state index in [1.807, 2.05) is 30.3 Å². The van der Waals surface area contributed by atoms with Crippen LogP contribution in [0.1, 0.15) is 85.0 Å². The highest BCUT2D eigenvalue weighted by Crippen LogP contribution is 2.43. The van der Waals surface area contributed by atoms with E-state index >= 15 is 0 Å². The van der Waals surface area contributed by atoms with Gasteiger partial charge in [-0.1, -0.05) is 32.6 Å². The Kier molecular flexibility index (Phi) is 7.74. The number of hydrogen-bond donors (Lipinski definition) is 1. The number of nitrogens with zero attached hydrogens (tertiary/aromatic N) is 1. The third kappa shape index (κ3) is 5.73. The molecule has 2 heterocycles. The number of thiophene rings is 1. The van der Waals surface area contributed by atoms with Crippen LogP contribution in [0.25, 0.3) is 10.1 Å². The van der Waals surface area contributed by atoms with Gasteiger partial charge in [0.1, 0.15) is 18.1 Å². The summed E-state index contributed by atoms with van der Waals surface area (Å²) >= 11 is 1.69. The summed E-state index contributed by atoms with van der Waals surface area (Å²) in [5, 5.41) is 11.0. The maximum absolute atomic E-state index is 13.8. The van der Waals surface area contributed by atoms with Gasteiger partial charge in [-0.3, -0.25) is 9.69 Å². The Hall–Kier alpha value is -2.37. The molecule has 1 unspecified atom stereocenters. The van der Waals surface area contributed by atoms with Crippen LogP contribution < -0.4 is 4.74 Å². The molecule has 2 aromatic carbocycles. The fraction of sp³-hybridized carbons (Fsp3) is 0.500. The number of benzene rings is 2. The SMILES string of the molecule is CC1CCCN(CCOc2ccc(C(=O)c3c(C4CCCCCC4)sc4cc(O)ccc34)cc2)C1. The summed E-state index contributed by atoms with van der Waals surface area (Å²) in [5.41, 5.74) is 1.54. The molecule has 186 valence electrons. The second kappa shape index (κ2) is 11.1. The molecule has 1 N–H and O–H groups in total. The molecule has 1 atom stereocenters. The van der Waals surface area contributed by atoms with E-state index in [0.29, 0.717) is 18.1 Å². The molecule has 0 radical (unpaired) electrons. The van der Waals surface area contributed by atoms with E-state index in [4.69, 9.17) is 4.74 Å². The molecular weight excluding hydrogens is 454 g/mol. The molecular formula is C30H37NO3S. The number of hydrogen-bond acceptors (Lipinski definition) is 5. The van der Waals surface area contributed by atoms with E-state index in [1.165, 1.54) is 43.4 Å². The highest BCUT2D eigenvalue weighted by molar-refractivity contribution is 7.19. The second-order valence-electron chi connectivity index (χ2n) is 10.5. The second-order valence-corrected chi connectivity index (χ2v) is 11.5. The van der Waals surface area contributed by atoms with E-state index in [2.05, 4.69) is 11.8 Å². The fourth-order valence-electron chi connectivity index (χ4n) is 5.80. The van der Waals surface area contributed by atoms with Crippen LogP contribution in [0.15, 0.2) is 42.5 Å². The number of carbonyl (C=O) groups excluding carboxylic acids is 1. The quantitative estimate of drug-likeness (QED) is 0.277. The molecule has 5 heteroatoms. The number of rotatable bonds is 7. The van der Waals surface area contributed by atoms with Gasteiger partial charge in [-0.25, -0.2) is 0 Å². The monoisotopic (exact) mass is 491 g/mol. The molecule has 0 spiro atoms. The third-order valence-corrected chi connectivity index (χ3v) is 9.00. The predicted molar refractivity (Wildman–Crippen MR) is 144 cm³/mol. The van der Waals surface area contributed by atoms with Gasteiger partial charge in [0.25, 0.3) is 0 Å². The van der Waals surface area contributed by atoms with Gasteiger partial charge in [0.2, 0.25) is 0 Å². The van der Waals surface area contributed by atoms with Crippen LogP contribution in [0.4, 0.5) is 0 Å². The first-order chi connectivity index (χ1) is 17.1. The van der Waals surface area contributed by atoms with Crippen molar-refractivity contribution in [3.63, 3.8) is 0 Å². The lowest BCUT2D eigenvalue weighted by atomic mass is 9.91. The zero-order valence-corrected chi connectivity index (χ0v) is 21.6. The minimum Gasteiger partial charge on any atom is -0.508 e. The molecule has 2 fully saturated rings. The Morgan fingerprint density at radius 3 is 2.54 bits per heavy atom. The summed E-state index contributed by atoms with van der Waals surface area (Å²) in [4.78, 5) is 17.5. The molecule has 2 aliphatic rings. The lowest BCUT2D eigenvalue weighted by Crippen LogP contribution is -2.37. The Morgan fingerprint density at radius 1 is 1.03 bits per heavy atom. The topological polar surface area (TPSA) is 49.8 Å². The lowest BCUT2D eigenvalue weighted by molar-refractivity contribution is 0.103. The Bertz CT molecular complexity index is 1140. The smallest absolute Gasteiger partial charge is 0.194 e. The van der Waals surface area contributed by atoms with Crippen molar-refractivity contribution in [3.8, 4) is 11.5 Å². The van der Waals surface area contributed by atoms with Crippen LogP contribution >= 0.6 is 11.3 Å². The average molecular weight is 492 g/mol. The number of ether oxygens (including phenoxy) is 1. The highest BCUT2D eigenvalue weighted by atomic mass is 32.1. The summed E-state index contributed by atoms with van der Waals surface area (Å²) in [7, 11) is 0. The molecule has 1 saturated heterocycles. The van der Waals surface area contributed by atoms with Gasteiger partial charge in [-0.15, -0.1) is 11.3 Å². The zero-order valence-electron chi connectivity index (χ0n) is 20.8. The molecule has 1 saturated carbocycles. The lowest BCUT2D eigenvalue weighted by Gasteiger charge is -2.30. The van der Waals surface area contributed by atoms with Gasteiger partial charge in [0.05, 0.1) is 0 Å². The average Bonchev–Trinajstić information content (AvgIpc) is 3.02. The first-order valence-electron chi connectivity index (χ1n) is 13.3. The number of carbonyl (C=O) groups is 1. The van der Waals surface area contributed by atoms with Crippen molar-refractivity contribution in [3.05, 3.63) is 58.5 Å². The minimum atomic E-state index is 0.0787. The molecule has 35 heavy (non-hydrogen) atoms. The predicted octanol–water partition coefficient (Wildman–Crippen LogP) is 7.39. The summed E-state index contributed by atoms with van der Waals surface area (Å²) in [6, 6.07) is 13.1. The van der Waals surface area contributed by atoms with Crippen molar-refractivity contribution in [2.45, 2.75) is 64.2 Å². The van der Waals surface area contributed by atoms with Gasteiger partial charge in [-0.05, 0) is 86.5 Å². The molecule has 0 bridgehead atoms. The van der Waals surface area contributed by atoms with E-state index < -0.39 is 0 Å². The minimum absolute atomic E-state index is 0.0787. The van der Waals surface area contributed by atoms with Gasteiger partial charge >= 0.3 is 0 Å². The number of likely N-dealkylation sites (tertiary alicyclic amines) is 1. The maximum Gasteiger partial charge on any atom is 0.194 e. The van der Waals surface area contributed by atoms with Gasteiger partial charge in [-0.2, -0.15) is 0 Å². The normalized spacial score (nSPS) is 20.1. The van der Waals surface area contributed by atoms with E-state index in [0.717, 1.165) is 59.8 Å². The molecule has 1 aromatic heterocycles. The van der Waals surface area contributed by atoms with Gasteiger partial charge in [0, 0.05) is 39.2 Å². The van der Waals surface area contributed by atoms with Crippen molar-refractivity contribution >= 4 is 27.2 Å². The molecule has 3 aromatic rings. The van der Waals surface area contributed by atoms with Crippen LogP contribution in [0.5, 0.6) is 11.5 Å². The number of fused-ring (bicyclic) bond motifs is 1. The molecule has 5 rings (SSSR count). The number of phenols is 1. The summed E-state index contributed by atoms with van der Waals surface area (Å²) in [6.07, 6.45) is 9.89. The van der Waals surface area contributed by atoms with Crippen molar-refractivity contribution < 1.29 is 14.6 Å².